The number of nitrogens with zero attached hydrogens (tertiary/aromatic N) is 1. The Morgan fingerprint density at radius 2 is 1.59 bits per heavy atom. The summed E-state index contributed by atoms with van der Waals surface area (Å²) < 4.78 is 0. The first-order valence-corrected chi connectivity index (χ1v) is 8.72. The van der Waals surface area contributed by atoms with Crippen molar-refractivity contribution < 1.29 is 9.59 Å². The van der Waals surface area contributed by atoms with Crippen LogP contribution in [0.25, 0.3) is 0 Å². The van der Waals surface area contributed by atoms with Gasteiger partial charge < -0.3 is 10.6 Å². The predicted molar refractivity (Wildman–Crippen MR) is 108 cm³/mol. The van der Waals surface area contributed by atoms with Crippen LogP contribution in [0.4, 0.5) is 11.4 Å². The molecule has 0 unspecified atom stereocenters. The summed E-state index contributed by atoms with van der Waals surface area (Å²) >= 11 is 5.93. The third-order valence-corrected chi connectivity index (χ3v) is 4.29. The van der Waals surface area contributed by atoms with E-state index in [1.54, 1.807) is 30.3 Å². The van der Waals surface area contributed by atoms with Crippen LogP contribution < -0.4 is 10.6 Å². The lowest BCUT2D eigenvalue weighted by molar-refractivity contribution is 0.102. The van der Waals surface area contributed by atoms with Crippen LogP contribution >= 0.6 is 11.6 Å². The second-order valence-corrected chi connectivity index (χ2v) is 6.55. The molecule has 0 bridgehead atoms. The van der Waals surface area contributed by atoms with Crippen LogP contribution in [0.3, 0.4) is 0 Å². The smallest absolute Gasteiger partial charge is 0.274 e. The molecular formula is C21H18ClN3O2. The zero-order chi connectivity index (χ0) is 19.4. The largest absolute Gasteiger partial charge is 0.322 e. The fourth-order valence-corrected chi connectivity index (χ4v) is 2.84. The summed E-state index contributed by atoms with van der Waals surface area (Å²) in [4.78, 5) is 29.1. The predicted octanol–water partition coefficient (Wildman–Crippen LogP) is 4.86. The number of anilines is 2. The second kappa shape index (κ2) is 8.01. The summed E-state index contributed by atoms with van der Waals surface area (Å²) in [5.74, 6) is -0.717. The van der Waals surface area contributed by atoms with Crippen molar-refractivity contribution in [3.05, 3.63) is 88.2 Å². The molecule has 0 aliphatic carbocycles. The quantitative estimate of drug-likeness (QED) is 0.680. The SMILES string of the molecule is Cc1cccc(C)c1NC(=O)c1cc(C(=O)Nc2cccc(Cl)c2)ccn1. The summed E-state index contributed by atoms with van der Waals surface area (Å²) in [6.07, 6.45) is 1.44. The highest BCUT2D eigenvalue weighted by atomic mass is 35.5. The first-order chi connectivity index (χ1) is 12.9. The molecule has 2 aromatic carbocycles. The van der Waals surface area contributed by atoms with Crippen LogP contribution in [0, 0.1) is 13.8 Å². The van der Waals surface area contributed by atoms with Gasteiger partial charge in [0.25, 0.3) is 11.8 Å². The van der Waals surface area contributed by atoms with Gasteiger partial charge >= 0.3 is 0 Å². The molecule has 5 nitrogen and oxygen atoms in total. The van der Waals surface area contributed by atoms with Gasteiger partial charge in [0.15, 0.2) is 0 Å². The molecule has 27 heavy (non-hydrogen) atoms. The van der Waals surface area contributed by atoms with E-state index in [9.17, 15) is 9.59 Å². The third kappa shape index (κ3) is 4.51. The Labute approximate surface area is 162 Å². The summed E-state index contributed by atoms with van der Waals surface area (Å²) in [6, 6.07) is 15.6. The van der Waals surface area contributed by atoms with Crippen molar-refractivity contribution in [2.45, 2.75) is 13.8 Å². The average Bonchev–Trinajstić information content (AvgIpc) is 2.65. The maximum atomic E-state index is 12.6. The lowest BCUT2D eigenvalue weighted by Gasteiger charge is -2.11. The van der Waals surface area contributed by atoms with Crippen molar-refractivity contribution >= 4 is 34.8 Å². The van der Waals surface area contributed by atoms with Crippen molar-refractivity contribution in [2.24, 2.45) is 0 Å². The Balaban J connectivity index is 1.78. The summed E-state index contributed by atoms with van der Waals surface area (Å²) in [5, 5.41) is 6.14. The minimum absolute atomic E-state index is 0.163. The Kier molecular flexibility index (Phi) is 5.52. The Bertz CT molecular complexity index is 998. The van der Waals surface area contributed by atoms with Gasteiger partial charge in [-0.2, -0.15) is 0 Å². The standard InChI is InChI=1S/C21H18ClN3O2/c1-13-5-3-6-14(2)19(13)25-21(27)18-11-15(9-10-23-18)20(26)24-17-8-4-7-16(22)12-17/h3-12H,1-2H3,(H,24,26)(H,25,27). The van der Waals surface area contributed by atoms with Gasteiger partial charge in [-0.25, -0.2) is 0 Å². The first kappa shape index (κ1) is 18.6. The van der Waals surface area contributed by atoms with Crippen molar-refractivity contribution in [2.75, 3.05) is 10.6 Å². The van der Waals surface area contributed by atoms with Crippen LogP contribution in [-0.4, -0.2) is 16.8 Å². The number of nitrogens with one attached hydrogen (secondary N) is 2. The molecule has 3 rings (SSSR count). The van der Waals surface area contributed by atoms with E-state index in [0.29, 0.717) is 16.3 Å². The molecule has 0 atom stereocenters. The molecule has 1 heterocycles. The molecule has 6 heteroatoms. The van der Waals surface area contributed by atoms with Gasteiger partial charge in [0.05, 0.1) is 0 Å². The number of aromatic nitrogens is 1. The number of pyridine rings is 1. The van der Waals surface area contributed by atoms with Crippen molar-refractivity contribution in [1.82, 2.24) is 4.98 Å². The molecule has 3 aromatic rings. The molecule has 0 saturated heterocycles. The van der Waals surface area contributed by atoms with E-state index in [1.807, 2.05) is 32.0 Å². The zero-order valence-electron chi connectivity index (χ0n) is 14.9. The molecule has 0 saturated carbocycles. The van der Waals surface area contributed by atoms with Gasteiger partial charge in [-0.05, 0) is 55.3 Å². The number of carbonyl (C=O) groups is 2. The molecule has 0 fully saturated rings. The molecule has 0 radical (unpaired) electrons. The van der Waals surface area contributed by atoms with E-state index in [4.69, 9.17) is 11.6 Å². The normalized spacial score (nSPS) is 10.3. The highest BCUT2D eigenvalue weighted by Crippen LogP contribution is 2.20. The maximum absolute atomic E-state index is 12.6. The number of rotatable bonds is 4. The van der Waals surface area contributed by atoms with Crippen LogP contribution in [0.5, 0.6) is 0 Å². The second-order valence-electron chi connectivity index (χ2n) is 6.12. The topological polar surface area (TPSA) is 71.1 Å². The fraction of sp³-hybridized carbons (Fsp3) is 0.0952. The zero-order valence-corrected chi connectivity index (χ0v) is 15.7. The van der Waals surface area contributed by atoms with E-state index in [0.717, 1.165) is 16.8 Å². The lowest BCUT2D eigenvalue weighted by atomic mass is 10.1. The van der Waals surface area contributed by atoms with Gasteiger partial charge in [-0.3, -0.25) is 14.6 Å². The van der Waals surface area contributed by atoms with Gasteiger partial charge in [0.1, 0.15) is 5.69 Å². The number of para-hydroxylation sites is 1. The van der Waals surface area contributed by atoms with Crippen LogP contribution in [0.2, 0.25) is 5.02 Å². The minimum Gasteiger partial charge on any atom is -0.322 e. The summed E-state index contributed by atoms with van der Waals surface area (Å²) in [6.45, 7) is 3.84. The molecule has 2 amide bonds. The van der Waals surface area contributed by atoms with E-state index in [-0.39, 0.29) is 17.5 Å². The Morgan fingerprint density at radius 1 is 0.889 bits per heavy atom. The van der Waals surface area contributed by atoms with Crippen molar-refractivity contribution in [1.29, 1.82) is 0 Å². The number of benzene rings is 2. The van der Waals surface area contributed by atoms with Gasteiger partial charge in [-0.15, -0.1) is 0 Å². The van der Waals surface area contributed by atoms with Gasteiger partial charge in [0, 0.05) is 28.2 Å². The molecule has 0 aliphatic heterocycles. The number of aryl methyl sites for hydroxylation is 2. The lowest BCUT2D eigenvalue weighted by Crippen LogP contribution is -2.17. The molecular weight excluding hydrogens is 362 g/mol. The molecule has 1 aromatic heterocycles. The molecule has 0 aliphatic rings. The molecule has 0 spiro atoms. The van der Waals surface area contributed by atoms with E-state index in [2.05, 4.69) is 15.6 Å². The number of hydrogen-bond donors (Lipinski definition) is 2. The first-order valence-electron chi connectivity index (χ1n) is 8.34. The van der Waals surface area contributed by atoms with Crippen LogP contribution in [-0.2, 0) is 0 Å². The Morgan fingerprint density at radius 3 is 2.30 bits per heavy atom. The van der Waals surface area contributed by atoms with Crippen molar-refractivity contribution in [3.8, 4) is 0 Å². The van der Waals surface area contributed by atoms with Gasteiger partial charge in [-0.1, -0.05) is 35.9 Å². The number of carbonyl (C=O) groups excluding carboxylic acids is 2. The van der Waals surface area contributed by atoms with E-state index in [1.165, 1.54) is 12.3 Å². The highest BCUT2D eigenvalue weighted by molar-refractivity contribution is 6.31. The summed E-state index contributed by atoms with van der Waals surface area (Å²) in [7, 11) is 0. The monoisotopic (exact) mass is 379 g/mol. The Hall–Kier alpha value is -3.18. The van der Waals surface area contributed by atoms with E-state index < -0.39 is 0 Å². The average molecular weight is 380 g/mol. The van der Waals surface area contributed by atoms with E-state index >= 15 is 0 Å². The maximum Gasteiger partial charge on any atom is 0.274 e. The van der Waals surface area contributed by atoms with Crippen molar-refractivity contribution in [3.63, 3.8) is 0 Å². The summed E-state index contributed by atoms with van der Waals surface area (Å²) in [5.41, 5.74) is 3.73. The number of amides is 2. The van der Waals surface area contributed by atoms with Crippen LogP contribution in [0.1, 0.15) is 32.0 Å². The fourth-order valence-electron chi connectivity index (χ4n) is 2.65. The third-order valence-electron chi connectivity index (χ3n) is 4.06. The van der Waals surface area contributed by atoms with Crippen LogP contribution in [0.15, 0.2) is 60.8 Å². The number of hydrogen-bond acceptors (Lipinski definition) is 3. The van der Waals surface area contributed by atoms with Gasteiger partial charge in [0.2, 0.25) is 0 Å². The highest BCUT2D eigenvalue weighted by Gasteiger charge is 2.14. The molecule has 2 N–H and O–H groups in total. The minimum atomic E-state index is -0.371. The number of halogens is 1. The molecule has 136 valence electrons.